The fraction of sp³-hybridized carbons (Fsp3) is 0.0476. The van der Waals surface area contributed by atoms with Gasteiger partial charge in [-0.25, -0.2) is 13.6 Å². The maximum Gasteiger partial charge on any atom is 0.258 e. The molecule has 0 saturated carbocycles. The average molecular weight is 364 g/mol. The van der Waals surface area contributed by atoms with Gasteiger partial charge < -0.3 is 10.1 Å². The lowest BCUT2D eigenvalue weighted by Gasteiger charge is -2.11. The number of hydrogen-bond donors (Lipinski definition) is 1. The first-order valence-corrected chi connectivity index (χ1v) is 7.95. The summed E-state index contributed by atoms with van der Waals surface area (Å²) in [6.07, 6.45) is 0. The molecule has 3 aromatic carbocycles. The molecule has 0 atom stereocenters. The van der Waals surface area contributed by atoms with Crippen LogP contribution in [0.5, 0.6) is 5.75 Å². The Balaban J connectivity index is 1.85. The summed E-state index contributed by atoms with van der Waals surface area (Å²) >= 11 is 0. The number of anilines is 1. The molecule has 27 heavy (non-hydrogen) atoms. The molecule has 0 fully saturated rings. The predicted octanol–water partition coefficient (Wildman–Crippen LogP) is 5.44. The number of ether oxygens (including phenoxy) is 1. The molecule has 3 aromatic rings. The van der Waals surface area contributed by atoms with Gasteiger partial charge in [0.05, 0.1) is 19.2 Å². The fourth-order valence-electron chi connectivity index (χ4n) is 2.60. The molecule has 0 spiro atoms. The first-order valence-electron chi connectivity index (χ1n) is 7.95. The van der Waals surface area contributed by atoms with Crippen molar-refractivity contribution in [2.24, 2.45) is 0 Å². The lowest BCUT2D eigenvalue weighted by molar-refractivity contribution is 0.102. The third kappa shape index (κ3) is 3.77. The average Bonchev–Trinajstić information content (AvgIpc) is 2.70. The maximum atomic E-state index is 13.7. The van der Waals surface area contributed by atoms with Crippen molar-refractivity contribution in [3.63, 3.8) is 0 Å². The van der Waals surface area contributed by atoms with Crippen LogP contribution in [0.1, 0.15) is 10.4 Å². The molecule has 0 heterocycles. The van der Waals surface area contributed by atoms with Crippen LogP contribution in [0.3, 0.4) is 0 Å². The number of benzene rings is 3. The molecule has 0 saturated heterocycles. The zero-order valence-corrected chi connectivity index (χ0v) is 14.3. The summed E-state index contributed by atoms with van der Waals surface area (Å²) in [6.45, 7) is 7.14. The van der Waals surface area contributed by atoms with Gasteiger partial charge in [-0.05, 0) is 42.0 Å². The molecular weight excluding hydrogens is 350 g/mol. The molecule has 1 N–H and O–H groups in total. The second kappa shape index (κ2) is 7.67. The minimum absolute atomic E-state index is 0.370. The summed E-state index contributed by atoms with van der Waals surface area (Å²) < 4.78 is 32.3. The Morgan fingerprint density at radius 1 is 1.07 bits per heavy atom. The van der Waals surface area contributed by atoms with E-state index >= 15 is 0 Å². The van der Waals surface area contributed by atoms with Crippen molar-refractivity contribution in [1.29, 1.82) is 0 Å². The van der Waals surface area contributed by atoms with Gasteiger partial charge >= 0.3 is 0 Å². The fourth-order valence-corrected chi connectivity index (χ4v) is 2.60. The minimum atomic E-state index is -1.19. The molecule has 3 rings (SSSR count). The molecule has 4 nitrogen and oxygen atoms in total. The van der Waals surface area contributed by atoms with E-state index in [1.54, 1.807) is 49.6 Å². The van der Waals surface area contributed by atoms with Gasteiger partial charge in [-0.15, -0.1) is 0 Å². The van der Waals surface area contributed by atoms with E-state index < -0.39 is 17.5 Å². The van der Waals surface area contributed by atoms with Crippen molar-refractivity contribution in [1.82, 2.24) is 0 Å². The zero-order valence-electron chi connectivity index (χ0n) is 14.3. The van der Waals surface area contributed by atoms with Crippen LogP contribution in [0.4, 0.5) is 20.2 Å². The quantitative estimate of drug-likeness (QED) is 0.626. The summed E-state index contributed by atoms with van der Waals surface area (Å²) in [4.78, 5) is 15.6. The standard InChI is InChI=1S/C21H14F2N2O2/c1-24-15-10-11-19(27-2)17(12-15)13-6-8-14(9-7-13)25-21(26)16-4-3-5-18(22)20(16)23/h3-12H,2H3,(H,25,26). The maximum absolute atomic E-state index is 13.7. The van der Waals surface area contributed by atoms with E-state index in [1.165, 1.54) is 12.1 Å². The highest BCUT2D eigenvalue weighted by molar-refractivity contribution is 6.04. The molecule has 134 valence electrons. The van der Waals surface area contributed by atoms with Crippen molar-refractivity contribution in [2.45, 2.75) is 0 Å². The van der Waals surface area contributed by atoms with Crippen LogP contribution in [0, 0.1) is 18.2 Å². The van der Waals surface area contributed by atoms with E-state index in [2.05, 4.69) is 10.2 Å². The Kier molecular flexibility index (Phi) is 5.13. The third-order valence-electron chi connectivity index (χ3n) is 3.96. The van der Waals surface area contributed by atoms with Crippen molar-refractivity contribution in [3.05, 3.63) is 89.3 Å². The number of amides is 1. The van der Waals surface area contributed by atoms with Crippen LogP contribution in [-0.4, -0.2) is 13.0 Å². The third-order valence-corrected chi connectivity index (χ3v) is 3.96. The van der Waals surface area contributed by atoms with Gasteiger partial charge in [0, 0.05) is 11.3 Å². The van der Waals surface area contributed by atoms with E-state index in [1.807, 2.05) is 0 Å². The Labute approximate surface area is 154 Å². The van der Waals surface area contributed by atoms with E-state index in [0.29, 0.717) is 17.1 Å². The first-order chi connectivity index (χ1) is 13.0. The number of methoxy groups -OCH3 is 1. The SMILES string of the molecule is [C-]#[N+]c1ccc(OC)c(-c2ccc(NC(=O)c3cccc(F)c3F)cc2)c1. The smallest absolute Gasteiger partial charge is 0.258 e. The van der Waals surface area contributed by atoms with Crippen LogP contribution >= 0.6 is 0 Å². The highest BCUT2D eigenvalue weighted by Gasteiger charge is 2.15. The van der Waals surface area contributed by atoms with Gasteiger partial charge in [0.15, 0.2) is 17.3 Å². The molecule has 1 amide bonds. The van der Waals surface area contributed by atoms with Gasteiger partial charge in [0.25, 0.3) is 5.91 Å². The molecule has 0 aliphatic carbocycles. The van der Waals surface area contributed by atoms with Crippen molar-refractivity contribution < 1.29 is 18.3 Å². The van der Waals surface area contributed by atoms with Crippen LogP contribution in [-0.2, 0) is 0 Å². The molecular formula is C21H14F2N2O2. The van der Waals surface area contributed by atoms with Crippen molar-refractivity contribution >= 4 is 17.3 Å². The second-order valence-corrected chi connectivity index (χ2v) is 5.63. The Hall–Kier alpha value is -3.72. The second-order valence-electron chi connectivity index (χ2n) is 5.63. The van der Waals surface area contributed by atoms with Gasteiger partial charge in [-0.2, -0.15) is 0 Å². The number of carbonyl (C=O) groups excluding carboxylic acids is 1. The summed E-state index contributed by atoms with van der Waals surface area (Å²) in [5.74, 6) is -2.40. The predicted molar refractivity (Wildman–Crippen MR) is 99.0 cm³/mol. The molecule has 0 radical (unpaired) electrons. The van der Waals surface area contributed by atoms with E-state index in [4.69, 9.17) is 11.3 Å². The van der Waals surface area contributed by atoms with Gasteiger partial charge in [-0.3, -0.25) is 4.79 Å². The zero-order chi connectivity index (χ0) is 19.4. The number of rotatable bonds is 4. The van der Waals surface area contributed by atoms with E-state index in [-0.39, 0.29) is 5.56 Å². The van der Waals surface area contributed by atoms with Crippen LogP contribution < -0.4 is 10.1 Å². The molecule has 0 aromatic heterocycles. The van der Waals surface area contributed by atoms with Crippen LogP contribution in [0.15, 0.2) is 60.7 Å². The van der Waals surface area contributed by atoms with Gasteiger partial charge in [0.2, 0.25) is 0 Å². The number of halogens is 2. The highest BCUT2D eigenvalue weighted by atomic mass is 19.2. The van der Waals surface area contributed by atoms with Gasteiger partial charge in [-0.1, -0.05) is 24.3 Å². The summed E-state index contributed by atoms with van der Waals surface area (Å²) in [6, 6.07) is 15.3. The molecule has 0 aliphatic heterocycles. The topological polar surface area (TPSA) is 42.7 Å². The first kappa shape index (κ1) is 18.1. The minimum Gasteiger partial charge on any atom is -0.496 e. The number of nitrogens with one attached hydrogen (secondary N) is 1. The number of carbonyl (C=O) groups is 1. The largest absolute Gasteiger partial charge is 0.496 e. The van der Waals surface area contributed by atoms with Crippen molar-refractivity contribution in [2.75, 3.05) is 12.4 Å². The summed E-state index contributed by atoms with van der Waals surface area (Å²) in [7, 11) is 1.54. The molecule has 0 bridgehead atoms. The van der Waals surface area contributed by atoms with Crippen LogP contribution in [0.2, 0.25) is 0 Å². The Morgan fingerprint density at radius 2 is 1.81 bits per heavy atom. The number of nitrogens with zero attached hydrogens (tertiary/aromatic N) is 1. The van der Waals surface area contributed by atoms with Gasteiger partial charge in [0.1, 0.15) is 5.75 Å². The lowest BCUT2D eigenvalue weighted by atomic mass is 10.0. The van der Waals surface area contributed by atoms with E-state index in [9.17, 15) is 13.6 Å². The van der Waals surface area contributed by atoms with Crippen LogP contribution in [0.25, 0.3) is 16.0 Å². The lowest BCUT2D eigenvalue weighted by Crippen LogP contribution is -2.14. The molecule has 0 unspecified atom stereocenters. The van der Waals surface area contributed by atoms with E-state index in [0.717, 1.165) is 17.2 Å². The van der Waals surface area contributed by atoms with Crippen molar-refractivity contribution in [3.8, 4) is 16.9 Å². The Morgan fingerprint density at radius 3 is 2.48 bits per heavy atom. The monoisotopic (exact) mass is 364 g/mol. The highest BCUT2D eigenvalue weighted by Crippen LogP contribution is 2.34. The summed E-state index contributed by atoms with van der Waals surface area (Å²) in [5, 5.41) is 2.53. The number of hydrogen-bond acceptors (Lipinski definition) is 2. The molecule has 0 aliphatic rings. The summed E-state index contributed by atoms with van der Waals surface area (Å²) in [5.41, 5.74) is 2.05. The normalized spacial score (nSPS) is 10.1. The molecule has 6 heteroatoms. The Bertz CT molecular complexity index is 1040.